The van der Waals surface area contributed by atoms with Crippen molar-refractivity contribution in [2.24, 2.45) is 11.3 Å². The lowest BCUT2D eigenvalue weighted by Crippen LogP contribution is -2.44. The number of benzene rings is 1. The van der Waals surface area contributed by atoms with Gasteiger partial charge in [-0.2, -0.15) is 0 Å². The summed E-state index contributed by atoms with van der Waals surface area (Å²) in [7, 11) is 2.14. The normalized spacial score (nSPS) is 19.0. The van der Waals surface area contributed by atoms with Gasteiger partial charge in [-0.1, -0.05) is 13.8 Å². The number of carbonyl (C=O) groups is 2. The molecule has 2 fully saturated rings. The Morgan fingerprint density at radius 2 is 1.67 bits per heavy atom. The molecule has 0 radical (unpaired) electrons. The standard InChI is InChI=1S/C21H32N4O2/c1-16(2)8-11-22-19(26)21(9-10-21)20(27)23-17-4-6-18(7-5-17)25-14-12-24(3)13-15-25/h4-7,16H,8-15H2,1-3H3,(H,22,26)(H,23,27). The largest absolute Gasteiger partial charge is 0.369 e. The number of likely N-dealkylation sites (N-methyl/N-ethyl adjacent to an activating group) is 1. The predicted octanol–water partition coefficient (Wildman–Crippen LogP) is 2.32. The molecule has 2 aliphatic rings. The van der Waals surface area contributed by atoms with E-state index in [-0.39, 0.29) is 11.8 Å². The van der Waals surface area contributed by atoms with E-state index in [9.17, 15) is 9.59 Å². The van der Waals surface area contributed by atoms with Crippen molar-refractivity contribution in [2.45, 2.75) is 33.1 Å². The molecule has 0 bridgehead atoms. The van der Waals surface area contributed by atoms with Gasteiger partial charge in [-0.25, -0.2) is 0 Å². The van der Waals surface area contributed by atoms with Gasteiger partial charge in [-0.05, 0) is 56.5 Å². The molecule has 0 unspecified atom stereocenters. The number of carbonyl (C=O) groups excluding carboxylic acids is 2. The monoisotopic (exact) mass is 372 g/mol. The number of anilines is 2. The van der Waals surface area contributed by atoms with Gasteiger partial charge in [0.05, 0.1) is 0 Å². The number of hydrogen-bond acceptors (Lipinski definition) is 4. The fourth-order valence-corrected chi connectivity index (χ4v) is 3.40. The van der Waals surface area contributed by atoms with Crippen LogP contribution in [-0.2, 0) is 9.59 Å². The Kier molecular flexibility index (Phi) is 6.05. The minimum atomic E-state index is -0.868. The molecule has 0 atom stereocenters. The summed E-state index contributed by atoms with van der Waals surface area (Å²) >= 11 is 0. The predicted molar refractivity (Wildman–Crippen MR) is 109 cm³/mol. The average molecular weight is 373 g/mol. The molecule has 0 aromatic heterocycles. The molecule has 1 heterocycles. The van der Waals surface area contributed by atoms with Crippen LogP contribution in [0.2, 0.25) is 0 Å². The van der Waals surface area contributed by atoms with E-state index in [1.807, 2.05) is 24.3 Å². The lowest BCUT2D eigenvalue weighted by atomic mass is 10.0. The SMILES string of the molecule is CC(C)CCNC(=O)C1(C(=O)Nc2ccc(N3CCN(C)CC3)cc2)CC1. The van der Waals surface area contributed by atoms with Gasteiger partial charge in [0.2, 0.25) is 11.8 Å². The highest BCUT2D eigenvalue weighted by Gasteiger charge is 2.56. The Balaban J connectivity index is 1.54. The van der Waals surface area contributed by atoms with E-state index < -0.39 is 5.41 Å². The smallest absolute Gasteiger partial charge is 0.240 e. The van der Waals surface area contributed by atoms with Crippen LogP contribution in [0.5, 0.6) is 0 Å². The van der Waals surface area contributed by atoms with Crippen LogP contribution in [0.1, 0.15) is 33.1 Å². The first-order valence-electron chi connectivity index (χ1n) is 10.0. The fraction of sp³-hybridized carbons (Fsp3) is 0.619. The van der Waals surface area contributed by atoms with E-state index in [0.717, 1.165) is 38.3 Å². The molecule has 0 spiro atoms. The second-order valence-electron chi connectivity index (χ2n) is 8.31. The Labute approximate surface area is 162 Å². The van der Waals surface area contributed by atoms with E-state index in [4.69, 9.17) is 0 Å². The highest BCUT2D eigenvalue weighted by Crippen LogP contribution is 2.46. The Morgan fingerprint density at radius 1 is 1.04 bits per heavy atom. The molecular formula is C21H32N4O2. The number of piperazine rings is 1. The number of rotatable bonds is 7. The summed E-state index contributed by atoms with van der Waals surface area (Å²) in [5.74, 6) is 0.222. The second kappa shape index (κ2) is 8.30. The third kappa shape index (κ3) is 4.80. The van der Waals surface area contributed by atoms with E-state index in [1.54, 1.807) is 0 Å². The summed E-state index contributed by atoms with van der Waals surface area (Å²) in [6.45, 7) is 9.03. The summed E-state index contributed by atoms with van der Waals surface area (Å²) < 4.78 is 0. The Hall–Kier alpha value is -2.08. The van der Waals surface area contributed by atoms with Gasteiger partial charge in [0.15, 0.2) is 0 Å². The molecular weight excluding hydrogens is 340 g/mol. The molecule has 6 nitrogen and oxygen atoms in total. The van der Waals surface area contributed by atoms with Crippen LogP contribution in [0.3, 0.4) is 0 Å². The zero-order valence-electron chi connectivity index (χ0n) is 16.8. The van der Waals surface area contributed by atoms with Gasteiger partial charge in [-0.15, -0.1) is 0 Å². The first kappa shape index (κ1) is 19.7. The van der Waals surface area contributed by atoms with Crippen molar-refractivity contribution >= 4 is 23.2 Å². The van der Waals surface area contributed by atoms with E-state index in [1.165, 1.54) is 5.69 Å². The van der Waals surface area contributed by atoms with Gasteiger partial charge in [0, 0.05) is 44.1 Å². The molecule has 27 heavy (non-hydrogen) atoms. The minimum Gasteiger partial charge on any atom is -0.369 e. The first-order valence-corrected chi connectivity index (χ1v) is 10.0. The molecule has 1 saturated carbocycles. The molecule has 2 amide bonds. The number of nitrogens with one attached hydrogen (secondary N) is 2. The van der Waals surface area contributed by atoms with Crippen LogP contribution in [0, 0.1) is 11.3 Å². The highest BCUT2D eigenvalue weighted by molar-refractivity contribution is 6.13. The molecule has 1 saturated heterocycles. The molecule has 1 aromatic rings. The molecule has 1 aliphatic carbocycles. The van der Waals surface area contributed by atoms with Crippen molar-refractivity contribution in [3.05, 3.63) is 24.3 Å². The van der Waals surface area contributed by atoms with Gasteiger partial charge in [0.1, 0.15) is 5.41 Å². The number of amides is 2. The van der Waals surface area contributed by atoms with Crippen LogP contribution in [0.15, 0.2) is 24.3 Å². The lowest BCUT2D eigenvalue weighted by molar-refractivity contribution is -0.134. The van der Waals surface area contributed by atoms with Crippen LogP contribution in [-0.4, -0.2) is 56.5 Å². The van der Waals surface area contributed by atoms with Crippen LogP contribution < -0.4 is 15.5 Å². The van der Waals surface area contributed by atoms with Crippen molar-refractivity contribution < 1.29 is 9.59 Å². The summed E-state index contributed by atoms with van der Waals surface area (Å²) in [5.41, 5.74) is 1.06. The van der Waals surface area contributed by atoms with Crippen LogP contribution in [0.4, 0.5) is 11.4 Å². The zero-order valence-corrected chi connectivity index (χ0v) is 16.8. The summed E-state index contributed by atoms with van der Waals surface area (Å²) in [6, 6.07) is 7.95. The third-order valence-electron chi connectivity index (χ3n) is 5.62. The maximum Gasteiger partial charge on any atom is 0.240 e. The lowest BCUT2D eigenvalue weighted by Gasteiger charge is -2.34. The number of nitrogens with zero attached hydrogens (tertiary/aromatic N) is 2. The van der Waals surface area contributed by atoms with Crippen molar-refractivity contribution in [2.75, 3.05) is 50.0 Å². The van der Waals surface area contributed by atoms with Crippen LogP contribution >= 0.6 is 0 Å². The highest BCUT2D eigenvalue weighted by atomic mass is 16.2. The fourth-order valence-electron chi connectivity index (χ4n) is 3.40. The molecule has 1 aromatic carbocycles. The summed E-state index contributed by atoms with van der Waals surface area (Å²) in [4.78, 5) is 29.8. The maximum absolute atomic E-state index is 12.7. The topological polar surface area (TPSA) is 64.7 Å². The van der Waals surface area contributed by atoms with Crippen molar-refractivity contribution in [3.63, 3.8) is 0 Å². The van der Waals surface area contributed by atoms with Crippen molar-refractivity contribution in [1.29, 1.82) is 0 Å². The molecule has 6 heteroatoms. The Bertz CT molecular complexity index is 659. The van der Waals surface area contributed by atoms with Crippen molar-refractivity contribution in [1.82, 2.24) is 10.2 Å². The van der Waals surface area contributed by atoms with Gasteiger partial charge < -0.3 is 20.4 Å². The molecule has 3 rings (SSSR count). The molecule has 148 valence electrons. The van der Waals surface area contributed by atoms with Gasteiger partial charge >= 0.3 is 0 Å². The summed E-state index contributed by atoms with van der Waals surface area (Å²) in [5, 5.41) is 5.86. The minimum absolute atomic E-state index is 0.130. The van der Waals surface area contributed by atoms with Crippen LogP contribution in [0.25, 0.3) is 0 Å². The van der Waals surface area contributed by atoms with Crippen molar-refractivity contribution in [3.8, 4) is 0 Å². The molecule has 2 N–H and O–H groups in total. The zero-order chi connectivity index (χ0) is 19.4. The van der Waals surface area contributed by atoms with E-state index in [2.05, 4.69) is 41.3 Å². The second-order valence-corrected chi connectivity index (χ2v) is 8.31. The van der Waals surface area contributed by atoms with Gasteiger partial charge in [0.25, 0.3) is 0 Å². The maximum atomic E-state index is 12.7. The third-order valence-corrected chi connectivity index (χ3v) is 5.62. The van der Waals surface area contributed by atoms with E-state index >= 15 is 0 Å². The quantitative estimate of drug-likeness (QED) is 0.721. The van der Waals surface area contributed by atoms with Gasteiger partial charge in [-0.3, -0.25) is 9.59 Å². The Morgan fingerprint density at radius 3 is 2.22 bits per heavy atom. The number of hydrogen-bond donors (Lipinski definition) is 2. The average Bonchev–Trinajstić information content (AvgIpc) is 3.45. The van der Waals surface area contributed by atoms with E-state index in [0.29, 0.717) is 25.3 Å². The molecule has 1 aliphatic heterocycles. The first-order chi connectivity index (χ1) is 12.9. The summed E-state index contributed by atoms with van der Waals surface area (Å²) in [6.07, 6.45) is 2.19.